The maximum atomic E-state index is 12.2. The summed E-state index contributed by atoms with van der Waals surface area (Å²) in [7, 11) is 0. The van der Waals surface area contributed by atoms with E-state index in [-0.39, 0.29) is 29.9 Å². The zero-order chi connectivity index (χ0) is 20.1. The van der Waals surface area contributed by atoms with Gasteiger partial charge in [0.2, 0.25) is 0 Å². The third-order valence-electron chi connectivity index (χ3n) is 4.18. The van der Waals surface area contributed by atoms with Gasteiger partial charge in [0.25, 0.3) is 17.2 Å². The van der Waals surface area contributed by atoms with Crippen molar-refractivity contribution in [3.63, 3.8) is 0 Å². The van der Waals surface area contributed by atoms with Gasteiger partial charge in [0.05, 0.1) is 11.1 Å². The van der Waals surface area contributed by atoms with Crippen molar-refractivity contribution in [1.29, 1.82) is 0 Å². The van der Waals surface area contributed by atoms with Gasteiger partial charge in [-0.3, -0.25) is 19.7 Å². The molecular formula is C19H17N3O6. The molecule has 0 bridgehead atoms. The van der Waals surface area contributed by atoms with Gasteiger partial charge in [0, 0.05) is 30.6 Å². The monoisotopic (exact) mass is 383 g/mol. The number of para-hydroxylation sites is 1. The second-order valence-electron chi connectivity index (χ2n) is 6.12. The van der Waals surface area contributed by atoms with Gasteiger partial charge in [-0.2, -0.15) is 0 Å². The molecule has 3 aromatic rings. The van der Waals surface area contributed by atoms with Crippen LogP contribution in [0.1, 0.15) is 23.2 Å². The highest BCUT2D eigenvalue weighted by Gasteiger charge is 2.13. The molecule has 0 radical (unpaired) electrons. The molecule has 9 nitrogen and oxygen atoms in total. The maximum Gasteiger partial charge on any atom is 0.349 e. The number of aryl methyl sites for hydroxylation is 1. The Labute approximate surface area is 158 Å². The van der Waals surface area contributed by atoms with Crippen molar-refractivity contribution in [3.8, 4) is 0 Å². The average Bonchev–Trinajstić information content (AvgIpc) is 2.68. The Bertz CT molecular complexity index is 1150. The van der Waals surface area contributed by atoms with Crippen LogP contribution in [-0.2, 0) is 6.54 Å². The highest BCUT2D eigenvalue weighted by molar-refractivity contribution is 5.96. The Balaban J connectivity index is 1.55. The zero-order valence-corrected chi connectivity index (χ0v) is 14.8. The summed E-state index contributed by atoms with van der Waals surface area (Å²) in [5.74, 6) is -0.535. The minimum absolute atomic E-state index is 0.0754. The predicted molar refractivity (Wildman–Crippen MR) is 101 cm³/mol. The molecule has 0 aliphatic heterocycles. The summed E-state index contributed by atoms with van der Waals surface area (Å²) >= 11 is 0. The van der Waals surface area contributed by atoms with Gasteiger partial charge in [-0.15, -0.1) is 0 Å². The molecule has 0 saturated heterocycles. The lowest BCUT2D eigenvalue weighted by atomic mass is 10.2. The highest BCUT2D eigenvalue weighted by Crippen LogP contribution is 2.12. The highest BCUT2D eigenvalue weighted by atomic mass is 16.6. The Morgan fingerprint density at radius 3 is 2.71 bits per heavy atom. The predicted octanol–water partition coefficient (Wildman–Crippen LogP) is 2.07. The van der Waals surface area contributed by atoms with Gasteiger partial charge >= 0.3 is 5.63 Å². The number of hydrogen-bond acceptors (Lipinski definition) is 6. The normalized spacial score (nSPS) is 10.7. The van der Waals surface area contributed by atoms with E-state index in [1.165, 1.54) is 16.8 Å². The third-order valence-corrected chi connectivity index (χ3v) is 4.18. The van der Waals surface area contributed by atoms with Crippen molar-refractivity contribution in [2.45, 2.75) is 19.4 Å². The minimum Gasteiger partial charge on any atom is -0.422 e. The minimum atomic E-state index is -0.709. The lowest BCUT2D eigenvalue weighted by molar-refractivity contribution is -0.385. The third kappa shape index (κ3) is 4.32. The van der Waals surface area contributed by atoms with Gasteiger partial charge in [0.1, 0.15) is 11.1 Å². The smallest absolute Gasteiger partial charge is 0.349 e. The average molecular weight is 383 g/mol. The lowest BCUT2D eigenvalue weighted by Gasteiger charge is -2.07. The molecule has 3 rings (SSSR count). The van der Waals surface area contributed by atoms with Crippen molar-refractivity contribution >= 4 is 22.6 Å². The summed E-state index contributed by atoms with van der Waals surface area (Å²) in [6.07, 6.45) is 2.24. The van der Waals surface area contributed by atoms with Crippen LogP contribution in [-0.4, -0.2) is 21.9 Å². The van der Waals surface area contributed by atoms with Crippen LogP contribution in [0.25, 0.3) is 11.0 Å². The molecule has 28 heavy (non-hydrogen) atoms. The van der Waals surface area contributed by atoms with Crippen LogP contribution in [0, 0.1) is 10.1 Å². The molecule has 0 fully saturated rings. The van der Waals surface area contributed by atoms with Crippen molar-refractivity contribution in [3.05, 3.63) is 85.1 Å². The zero-order valence-electron chi connectivity index (χ0n) is 14.8. The van der Waals surface area contributed by atoms with Crippen LogP contribution in [0.2, 0.25) is 0 Å². The summed E-state index contributed by atoms with van der Waals surface area (Å²) in [6, 6.07) is 10.7. The molecule has 2 heterocycles. The number of rotatable bonds is 7. The number of amides is 1. The number of carbonyl (C=O) groups is 1. The van der Waals surface area contributed by atoms with Crippen molar-refractivity contribution in [2.75, 3.05) is 6.54 Å². The Hall–Kier alpha value is -3.75. The Morgan fingerprint density at radius 2 is 1.93 bits per heavy atom. The molecule has 9 heteroatoms. The molecule has 0 aliphatic carbocycles. The maximum absolute atomic E-state index is 12.2. The molecule has 0 atom stereocenters. The summed E-state index contributed by atoms with van der Waals surface area (Å²) < 4.78 is 6.40. The van der Waals surface area contributed by atoms with Crippen LogP contribution in [0.4, 0.5) is 5.69 Å². The van der Waals surface area contributed by atoms with E-state index in [2.05, 4.69) is 5.32 Å². The summed E-state index contributed by atoms with van der Waals surface area (Å²) in [4.78, 5) is 46.1. The molecule has 0 unspecified atom stereocenters. The van der Waals surface area contributed by atoms with E-state index in [1.807, 2.05) is 0 Å². The number of hydrogen-bond donors (Lipinski definition) is 1. The van der Waals surface area contributed by atoms with Crippen molar-refractivity contribution < 1.29 is 14.1 Å². The fourth-order valence-corrected chi connectivity index (χ4v) is 2.73. The number of nitrogens with zero attached hydrogens (tertiary/aromatic N) is 2. The molecule has 1 N–H and O–H groups in total. The van der Waals surface area contributed by atoms with Crippen LogP contribution in [0.3, 0.4) is 0 Å². The first-order valence-electron chi connectivity index (χ1n) is 8.62. The van der Waals surface area contributed by atoms with E-state index in [0.717, 1.165) is 12.1 Å². The van der Waals surface area contributed by atoms with Gasteiger partial charge in [-0.25, -0.2) is 4.79 Å². The van der Waals surface area contributed by atoms with Gasteiger partial charge in [0.15, 0.2) is 0 Å². The standard InChI is InChI=1S/C19H17N3O6/c23-17-8-7-14(22(26)27)12-21(17)10-4-3-9-20-18(24)15-11-13-5-1-2-6-16(13)28-19(15)25/h1-2,5-8,11-12H,3-4,9-10H2,(H,20,24). The van der Waals surface area contributed by atoms with Crippen molar-refractivity contribution in [2.24, 2.45) is 0 Å². The second-order valence-corrected chi connectivity index (χ2v) is 6.12. The summed E-state index contributed by atoms with van der Waals surface area (Å²) in [6.45, 7) is 0.573. The van der Waals surface area contributed by atoms with Crippen LogP contribution >= 0.6 is 0 Å². The van der Waals surface area contributed by atoms with Crippen molar-refractivity contribution in [1.82, 2.24) is 9.88 Å². The SMILES string of the molecule is O=C(NCCCCn1cc([N+](=O)[O-])ccc1=O)c1cc2ccccc2oc1=O. The molecule has 0 aliphatic rings. The number of nitrogens with one attached hydrogen (secondary N) is 1. The van der Waals surface area contributed by atoms with E-state index >= 15 is 0 Å². The number of nitro groups is 1. The molecule has 0 saturated carbocycles. The lowest BCUT2D eigenvalue weighted by Crippen LogP contribution is -2.29. The van der Waals surface area contributed by atoms with Crippen LogP contribution < -0.4 is 16.5 Å². The number of pyridine rings is 1. The Kier molecular flexibility index (Phi) is 5.64. The van der Waals surface area contributed by atoms with E-state index in [1.54, 1.807) is 24.3 Å². The number of unbranched alkanes of at least 4 members (excludes halogenated alkanes) is 1. The first kappa shape index (κ1) is 19.0. The number of benzene rings is 1. The van der Waals surface area contributed by atoms with E-state index in [0.29, 0.717) is 23.8 Å². The first-order valence-corrected chi connectivity index (χ1v) is 8.62. The second kappa shape index (κ2) is 8.30. The van der Waals surface area contributed by atoms with Crippen LogP contribution in [0.5, 0.6) is 0 Å². The van der Waals surface area contributed by atoms with E-state index in [9.17, 15) is 24.5 Å². The van der Waals surface area contributed by atoms with Gasteiger partial charge in [-0.05, 0) is 25.0 Å². The van der Waals surface area contributed by atoms with Crippen LogP contribution in [0.15, 0.2) is 62.7 Å². The van der Waals surface area contributed by atoms with Gasteiger partial charge < -0.3 is 14.3 Å². The molecular weight excluding hydrogens is 366 g/mol. The van der Waals surface area contributed by atoms with Gasteiger partial charge in [-0.1, -0.05) is 18.2 Å². The van der Waals surface area contributed by atoms with E-state index < -0.39 is 16.5 Å². The fourth-order valence-electron chi connectivity index (χ4n) is 2.73. The quantitative estimate of drug-likeness (QED) is 0.288. The fraction of sp³-hybridized carbons (Fsp3) is 0.211. The van der Waals surface area contributed by atoms with E-state index in [4.69, 9.17) is 4.42 Å². The topological polar surface area (TPSA) is 124 Å². The molecule has 2 aromatic heterocycles. The summed E-state index contributed by atoms with van der Waals surface area (Å²) in [5, 5.41) is 14.1. The number of aromatic nitrogens is 1. The summed E-state index contributed by atoms with van der Waals surface area (Å²) in [5.41, 5.74) is -0.862. The molecule has 1 aromatic carbocycles. The molecule has 1 amide bonds. The largest absolute Gasteiger partial charge is 0.422 e. The number of fused-ring (bicyclic) bond motifs is 1. The number of carbonyl (C=O) groups excluding carboxylic acids is 1. The Morgan fingerprint density at radius 1 is 1.14 bits per heavy atom. The molecule has 144 valence electrons. The first-order chi connectivity index (χ1) is 13.5. The molecule has 0 spiro atoms.